The summed E-state index contributed by atoms with van der Waals surface area (Å²) in [6.07, 6.45) is 0. The molecule has 0 spiro atoms. The number of anilines is 1. The summed E-state index contributed by atoms with van der Waals surface area (Å²) in [4.78, 5) is 14.3. The van der Waals surface area contributed by atoms with Crippen molar-refractivity contribution in [2.24, 2.45) is 0 Å². The molecule has 0 aliphatic rings. The van der Waals surface area contributed by atoms with Crippen molar-refractivity contribution in [1.82, 2.24) is 4.90 Å². The largest absolute Gasteiger partial charge is 0.497 e. The van der Waals surface area contributed by atoms with Crippen LogP contribution in [0.4, 0.5) is 5.69 Å². The van der Waals surface area contributed by atoms with Crippen LogP contribution >= 0.6 is 0 Å². The summed E-state index contributed by atoms with van der Waals surface area (Å²) >= 11 is 0. The summed E-state index contributed by atoms with van der Waals surface area (Å²) in [7, 11) is 3.59. The van der Waals surface area contributed by atoms with Crippen LogP contribution in [0.1, 0.15) is 12.5 Å². The summed E-state index contributed by atoms with van der Waals surface area (Å²) in [6, 6.07) is 17.2. The van der Waals surface area contributed by atoms with E-state index in [1.165, 1.54) is 0 Å². The van der Waals surface area contributed by atoms with Gasteiger partial charge in [0.25, 0.3) is 0 Å². The molecular weight excluding hydrogens is 276 g/mol. The number of carbonyl (C=O) groups excluding carboxylic acids is 1. The Bertz CT molecular complexity index is 596. The molecule has 22 heavy (non-hydrogen) atoms. The summed E-state index contributed by atoms with van der Waals surface area (Å²) in [5, 5.41) is 2.93. The highest BCUT2D eigenvalue weighted by Gasteiger charge is 2.18. The number of nitrogens with zero attached hydrogens (tertiary/aromatic N) is 1. The molecule has 1 atom stereocenters. The van der Waals surface area contributed by atoms with E-state index in [0.29, 0.717) is 6.54 Å². The molecule has 0 radical (unpaired) electrons. The molecule has 4 heteroatoms. The van der Waals surface area contributed by atoms with Crippen molar-refractivity contribution in [3.63, 3.8) is 0 Å². The minimum atomic E-state index is -0.220. The van der Waals surface area contributed by atoms with Gasteiger partial charge in [-0.2, -0.15) is 0 Å². The lowest BCUT2D eigenvalue weighted by molar-refractivity contribution is -0.120. The molecule has 0 aromatic heterocycles. The predicted molar refractivity (Wildman–Crippen MR) is 89.0 cm³/mol. The second kappa shape index (κ2) is 7.61. The fourth-order valence-corrected chi connectivity index (χ4v) is 2.12. The van der Waals surface area contributed by atoms with Crippen LogP contribution in [0.5, 0.6) is 5.75 Å². The first-order chi connectivity index (χ1) is 10.6. The van der Waals surface area contributed by atoms with Gasteiger partial charge in [0.15, 0.2) is 0 Å². The van der Waals surface area contributed by atoms with Crippen molar-refractivity contribution in [3.8, 4) is 5.75 Å². The zero-order valence-electron chi connectivity index (χ0n) is 13.2. The van der Waals surface area contributed by atoms with Gasteiger partial charge >= 0.3 is 0 Å². The Hall–Kier alpha value is -2.33. The molecule has 0 unspecified atom stereocenters. The monoisotopic (exact) mass is 298 g/mol. The highest BCUT2D eigenvalue weighted by molar-refractivity contribution is 5.94. The minimum absolute atomic E-state index is 0.0118. The number of amides is 1. The van der Waals surface area contributed by atoms with Gasteiger partial charge in [-0.1, -0.05) is 30.3 Å². The average molecular weight is 298 g/mol. The van der Waals surface area contributed by atoms with Gasteiger partial charge in [0.05, 0.1) is 13.2 Å². The summed E-state index contributed by atoms with van der Waals surface area (Å²) < 4.78 is 5.15. The molecule has 116 valence electrons. The summed E-state index contributed by atoms with van der Waals surface area (Å²) in [5.74, 6) is 0.823. The van der Waals surface area contributed by atoms with Gasteiger partial charge in [-0.15, -0.1) is 0 Å². The number of hydrogen-bond acceptors (Lipinski definition) is 3. The van der Waals surface area contributed by atoms with E-state index < -0.39 is 0 Å². The highest BCUT2D eigenvalue weighted by Crippen LogP contribution is 2.14. The fourth-order valence-electron chi connectivity index (χ4n) is 2.12. The normalized spacial score (nSPS) is 12.0. The second-order valence-corrected chi connectivity index (χ2v) is 5.29. The highest BCUT2D eigenvalue weighted by atomic mass is 16.5. The van der Waals surface area contributed by atoms with Crippen LogP contribution in [0.2, 0.25) is 0 Å². The van der Waals surface area contributed by atoms with Gasteiger partial charge in [0.1, 0.15) is 5.75 Å². The third kappa shape index (κ3) is 4.33. The maximum absolute atomic E-state index is 12.3. The van der Waals surface area contributed by atoms with Crippen molar-refractivity contribution in [2.45, 2.75) is 19.5 Å². The quantitative estimate of drug-likeness (QED) is 0.890. The SMILES string of the molecule is COc1ccc(CN(C)[C@@H](C)C(=O)Nc2ccccc2)cc1. The van der Waals surface area contributed by atoms with E-state index in [1.807, 2.05) is 73.5 Å². The standard InChI is InChI=1S/C18H22N2O2/c1-14(18(21)19-16-7-5-4-6-8-16)20(2)13-15-9-11-17(22-3)12-10-15/h4-12,14H,13H2,1-3H3,(H,19,21)/t14-/m0/s1. The molecule has 0 saturated carbocycles. The number of carbonyl (C=O) groups is 1. The molecular formula is C18H22N2O2. The molecule has 0 fully saturated rings. The van der Waals surface area contributed by atoms with Gasteiger partial charge in [0, 0.05) is 12.2 Å². The summed E-state index contributed by atoms with van der Waals surface area (Å²) in [5.41, 5.74) is 1.96. The number of methoxy groups -OCH3 is 1. The molecule has 0 saturated heterocycles. The Morgan fingerprint density at radius 1 is 1.14 bits per heavy atom. The molecule has 2 aromatic carbocycles. The van der Waals surface area contributed by atoms with E-state index in [2.05, 4.69) is 5.32 Å². The number of likely N-dealkylation sites (N-methyl/N-ethyl adjacent to an activating group) is 1. The molecule has 0 heterocycles. The number of hydrogen-bond donors (Lipinski definition) is 1. The van der Waals surface area contributed by atoms with Gasteiger partial charge in [0.2, 0.25) is 5.91 Å². The van der Waals surface area contributed by atoms with Crippen LogP contribution in [0, 0.1) is 0 Å². The second-order valence-electron chi connectivity index (χ2n) is 5.29. The smallest absolute Gasteiger partial charge is 0.241 e. The van der Waals surface area contributed by atoms with Gasteiger partial charge in [-0.25, -0.2) is 0 Å². The summed E-state index contributed by atoms with van der Waals surface area (Å²) in [6.45, 7) is 2.61. The van der Waals surface area contributed by atoms with Crippen LogP contribution in [-0.2, 0) is 11.3 Å². The van der Waals surface area contributed by atoms with E-state index in [0.717, 1.165) is 17.0 Å². The van der Waals surface area contributed by atoms with E-state index in [-0.39, 0.29) is 11.9 Å². The van der Waals surface area contributed by atoms with Gasteiger partial charge < -0.3 is 10.1 Å². The number of nitrogens with one attached hydrogen (secondary N) is 1. The maximum Gasteiger partial charge on any atom is 0.241 e. The lowest BCUT2D eigenvalue weighted by Gasteiger charge is -2.24. The van der Waals surface area contributed by atoms with Crippen LogP contribution in [0.3, 0.4) is 0 Å². The van der Waals surface area contributed by atoms with Crippen molar-refractivity contribution in [3.05, 3.63) is 60.2 Å². The third-order valence-corrected chi connectivity index (χ3v) is 3.67. The molecule has 2 aromatic rings. The van der Waals surface area contributed by atoms with Crippen LogP contribution in [0.25, 0.3) is 0 Å². The molecule has 0 bridgehead atoms. The third-order valence-electron chi connectivity index (χ3n) is 3.67. The first-order valence-electron chi connectivity index (χ1n) is 7.29. The number of rotatable bonds is 6. The first kappa shape index (κ1) is 16.0. The number of benzene rings is 2. The molecule has 0 aliphatic carbocycles. The van der Waals surface area contributed by atoms with Crippen LogP contribution in [-0.4, -0.2) is 31.0 Å². The molecule has 1 N–H and O–H groups in total. The minimum Gasteiger partial charge on any atom is -0.497 e. The van der Waals surface area contributed by atoms with Gasteiger partial charge in [-0.05, 0) is 43.8 Å². The molecule has 2 rings (SSSR count). The Labute approximate surface area is 131 Å². The average Bonchev–Trinajstić information content (AvgIpc) is 2.55. The van der Waals surface area contributed by atoms with E-state index in [9.17, 15) is 4.79 Å². The lowest BCUT2D eigenvalue weighted by Crippen LogP contribution is -2.39. The van der Waals surface area contributed by atoms with Gasteiger partial charge in [-0.3, -0.25) is 9.69 Å². The molecule has 0 aliphatic heterocycles. The maximum atomic E-state index is 12.3. The Morgan fingerprint density at radius 3 is 2.36 bits per heavy atom. The zero-order chi connectivity index (χ0) is 15.9. The molecule has 1 amide bonds. The fraction of sp³-hybridized carbons (Fsp3) is 0.278. The number of ether oxygens (including phenoxy) is 1. The van der Waals surface area contributed by atoms with Crippen LogP contribution < -0.4 is 10.1 Å². The van der Waals surface area contributed by atoms with Crippen molar-refractivity contribution >= 4 is 11.6 Å². The Balaban J connectivity index is 1.92. The topological polar surface area (TPSA) is 41.6 Å². The predicted octanol–water partition coefficient (Wildman–Crippen LogP) is 3.15. The van der Waals surface area contributed by atoms with Crippen molar-refractivity contribution < 1.29 is 9.53 Å². The number of para-hydroxylation sites is 1. The van der Waals surface area contributed by atoms with E-state index >= 15 is 0 Å². The van der Waals surface area contributed by atoms with Crippen molar-refractivity contribution in [1.29, 1.82) is 0 Å². The molecule has 4 nitrogen and oxygen atoms in total. The Kier molecular flexibility index (Phi) is 5.55. The van der Waals surface area contributed by atoms with E-state index in [4.69, 9.17) is 4.74 Å². The Morgan fingerprint density at radius 2 is 1.77 bits per heavy atom. The lowest BCUT2D eigenvalue weighted by atomic mass is 10.1. The van der Waals surface area contributed by atoms with Crippen LogP contribution in [0.15, 0.2) is 54.6 Å². The van der Waals surface area contributed by atoms with E-state index in [1.54, 1.807) is 7.11 Å². The zero-order valence-corrected chi connectivity index (χ0v) is 13.2. The first-order valence-corrected chi connectivity index (χ1v) is 7.29. The van der Waals surface area contributed by atoms with Crippen molar-refractivity contribution in [2.75, 3.05) is 19.5 Å².